The van der Waals surface area contributed by atoms with Gasteiger partial charge in [-0.25, -0.2) is 4.79 Å². The van der Waals surface area contributed by atoms with E-state index in [0.717, 1.165) is 30.6 Å². The Morgan fingerprint density at radius 2 is 2.32 bits per heavy atom. The molecule has 1 N–H and O–H groups in total. The smallest absolute Gasteiger partial charge is 0.129 e. The SMILES string of the molecule is CC1CCCN1c1cccc2c1CCNCC2=C=O. The lowest BCUT2D eigenvalue weighted by molar-refractivity contribution is 0.569. The van der Waals surface area contributed by atoms with E-state index in [1.807, 2.05) is 0 Å². The fraction of sp³-hybridized carbons (Fsp3) is 0.500. The fourth-order valence-corrected chi connectivity index (χ4v) is 3.29. The molecule has 0 aromatic heterocycles. The average molecular weight is 256 g/mol. The van der Waals surface area contributed by atoms with Crippen molar-refractivity contribution in [1.82, 2.24) is 5.32 Å². The number of hydrogen-bond donors (Lipinski definition) is 1. The van der Waals surface area contributed by atoms with Crippen molar-refractivity contribution in [1.29, 1.82) is 0 Å². The van der Waals surface area contributed by atoms with Crippen LogP contribution in [0.25, 0.3) is 5.57 Å². The molecule has 1 atom stereocenters. The van der Waals surface area contributed by atoms with Gasteiger partial charge in [0, 0.05) is 24.8 Å². The van der Waals surface area contributed by atoms with Crippen molar-refractivity contribution in [2.24, 2.45) is 0 Å². The van der Waals surface area contributed by atoms with Crippen molar-refractivity contribution in [2.45, 2.75) is 32.2 Å². The molecule has 3 nitrogen and oxygen atoms in total. The van der Waals surface area contributed by atoms with Crippen LogP contribution in [-0.4, -0.2) is 31.6 Å². The van der Waals surface area contributed by atoms with E-state index in [1.165, 1.54) is 24.1 Å². The summed E-state index contributed by atoms with van der Waals surface area (Å²) in [5, 5.41) is 3.31. The second-order valence-electron chi connectivity index (χ2n) is 5.50. The van der Waals surface area contributed by atoms with E-state index in [2.05, 4.69) is 41.3 Å². The van der Waals surface area contributed by atoms with Gasteiger partial charge < -0.3 is 10.2 Å². The van der Waals surface area contributed by atoms with Crippen LogP contribution in [-0.2, 0) is 11.2 Å². The number of anilines is 1. The molecule has 0 radical (unpaired) electrons. The highest BCUT2D eigenvalue weighted by Gasteiger charge is 2.25. The molecule has 0 spiro atoms. The number of hydrogen-bond acceptors (Lipinski definition) is 3. The molecule has 0 bridgehead atoms. The Bertz CT molecular complexity index is 532. The van der Waals surface area contributed by atoms with Crippen molar-refractivity contribution in [3.8, 4) is 0 Å². The summed E-state index contributed by atoms with van der Waals surface area (Å²) in [6.45, 7) is 4.98. The monoisotopic (exact) mass is 256 g/mol. The average Bonchev–Trinajstić information content (AvgIpc) is 2.74. The van der Waals surface area contributed by atoms with Gasteiger partial charge in [-0.05, 0) is 49.9 Å². The predicted octanol–water partition coefficient (Wildman–Crippen LogP) is 2.04. The van der Waals surface area contributed by atoms with E-state index in [1.54, 1.807) is 0 Å². The summed E-state index contributed by atoms with van der Waals surface area (Å²) in [6, 6.07) is 6.94. The third kappa shape index (κ3) is 2.20. The van der Waals surface area contributed by atoms with Gasteiger partial charge >= 0.3 is 0 Å². The van der Waals surface area contributed by atoms with E-state index in [0.29, 0.717) is 12.6 Å². The minimum atomic E-state index is 0.603. The van der Waals surface area contributed by atoms with Crippen molar-refractivity contribution < 1.29 is 4.79 Å². The Kier molecular flexibility index (Phi) is 3.41. The van der Waals surface area contributed by atoms with Crippen LogP contribution in [0, 0.1) is 0 Å². The maximum Gasteiger partial charge on any atom is 0.129 e. The number of benzene rings is 1. The van der Waals surface area contributed by atoms with E-state index in [9.17, 15) is 4.79 Å². The number of rotatable bonds is 1. The number of carbonyl (C=O) groups excluding carboxylic acids is 1. The van der Waals surface area contributed by atoms with Gasteiger partial charge in [0.25, 0.3) is 0 Å². The van der Waals surface area contributed by atoms with Gasteiger partial charge in [-0.1, -0.05) is 12.1 Å². The van der Waals surface area contributed by atoms with Crippen molar-refractivity contribution in [2.75, 3.05) is 24.5 Å². The Morgan fingerprint density at radius 1 is 1.42 bits per heavy atom. The lowest BCUT2D eigenvalue weighted by Gasteiger charge is -2.27. The summed E-state index contributed by atoms with van der Waals surface area (Å²) < 4.78 is 0. The molecule has 0 aliphatic carbocycles. The lowest BCUT2D eigenvalue weighted by Crippen LogP contribution is -2.27. The molecule has 3 rings (SSSR count). The van der Waals surface area contributed by atoms with Crippen LogP contribution < -0.4 is 10.2 Å². The van der Waals surface area contributed by atoms with Crippen LogP contribution in [0.4, 0.5) is 5.69 Å². The summed E-state index contributed by atoms with van der Waals surface area (Å²) in [7, 11) is 0. The molecule has 2 heterocycles. The van der Waals surface area contributed by atoms with Gasteiger partial charge in [0.2, 0.25) is 0 Å². The molecule has 19 heavy (non-hydrogen) atoms. The predicted molar refractivity (Wildman–Crippen MR) is 78.2 cm³/mol. The minimum Gasteiger partial charge on any atom is -0.369 e. The molecule has 1 aromatic rings. The number of fused-ring (bicyclic) bond motifs is 1. The first kappa shape index (κ1) is 12.5. The van der Waals surface area contributed by atoms with Crippen LogP contribution >= 0.6 is 0 Å². The van der Waals surface area contributed by atoms with Gasteiger partial charge in [0.1, 0.15) is 5.94 Å². The van der Waals surface area contributed by atoms with Gasteiger partial charge in [-0.15, -0.1) is 0 Å². The molecule has 1 aromatic carbocycles. The third-order valence-corrected chi connectivity index (χ3v) is 4.32. The largest absolute Gasteiger partial charge is 0.369 e. The first-order valence-corrected chi connectivity index (χ1v) is 7.15. The molecule has 2 aliphatic rings. The van der Waals surface area contributed by atoms with Crippen molar-refractivity contribution in [3.63, 3.8) is 0 Å². The van der Waals surface area contributed by atoms with Crippen LogP contribution in [0.3, 0.4) is 0 Å². The highest BCUT2D eigenvalue weighted by atomic mass is 16.1. The molecule has 1 fully saturated rings. The summed E-state index contributed by atoms with van der Waals surface area (Å²) in [4.78, 5) is 13.6. The van der Waals surface area contributed by atoms with Gasteiger partial charge in [-0.3, -0.25) is 0 Å². The van der Waals surface area contributed by atoms with Gasteiger partial charge in [0.15, 0.2) is 0 Å². The van der Waals surface area contributed by atoms with Crippen LogP contribution in [0.15, 0.2) is 18.2 Å². The zero-order chi connectivity index (χ0) is 13.2. The summed E-state index contributed by atoms with van der Waals surface area (Å²) in [6.07, 6.45) is 3.51. The fourth-order valence-electron chi connectivity index (χ4n) is 3.29. The first-order chi connectivity index (χ1) is 9.31. The first-order valence-electron chi connectivity index (χ1n) is 7.15. The summed E-state index contributed by atoms with van der Waals surface area (Å²) in [5.74, 6) is 2.11. The normalized spacial score (nSPS) is 22.9. The Hall–Kier alpha value is -1.57. The minimum absolute atomic E-state index is 0.603. The molecule has 0 saturated carbocycles. The summed E-state index contributed by atoms with van der Waals surface area (Å²) in [5.41, 5.74) is 4.50. The maximum absolute atomic E-state index is 11.2. The highest BCUT2D eigenvalue weighted by Crippen LogP contribution is 2.33. The number of nitrogens with one attached hydrogen (secondary N) is 1. The standard InChI is InChI=1S/C16H20N2O/c1-12-4-3-9-18(12)16-6-2-5-14-13(11-19)10-17-8-7-15(14)16/h2,5-6,12,17H,3-4,7-10H2,1H3. The van der Waals surface area contributed by atoms with E-state index in [4.69, 9.17) is 0 Å². The highest BCUT2D eigenvalue weighted by molar-refractivity contribution is 5.91. The van der Waals surface area contributed by atoms with E-state index >= 15 is 0 Å². The van der Waals surface area contributed by atoms with Gasteiger partial charge in [-0.2, -0.15) is 0 Å². The maximum atomic E-state index is 11.2. The van der Waals surface area contributed by atoms with Crippen molar-refractivity contribution in [3.05, 3.63) is 29.3 Å². The molecule has 1 saturated heterocycles. The topological polar surface area (TPSA) is 32.3 Å². The molecular weight excluding hydrogens is 236 g/mol. The molecular formula is C16H20N2O. The molecule has 1 unspecified atom stereocenters. The van der Waals surface area contributed by atoms with Crippen molar-refractivity contribution >= 4 is 17.2 Å². The lowest BCUT2D eigenvalue weighted by atomic mass is 9.97. The van der Waals surface area contributed by atoms with Crippen LogP contribution in [0.2, 0.25) is 0 Å². The molecule has 3 heteroatoms. The zero-order valence-corrected chi connectivity index (χ0v) is 11.4. The summed E-state index contributed by atoms with van der Waals surface area (Å²) >= 11 is 0. The second-order valence-corrected chi connectivity index (χ2v) is 5.50. The number of nitrogens with zero attached hydrogens (tertiary/aromatic N) is 1. The Labute approximate surface area is 114 Å². The van der Waals surface area contributed by atoms with E-state index in [-0.39, 0.29) is 0 Å². The molecule has 2 aliphatic heterocycles. The van der Waals surface area contributed by atoms with E-state index < -0.39 is 0 Å². The zero-order valence-electron chi connectivity index (χ0n) is 11.4. The van der Waals surface area contributed by atoms with Crippen LogP contribution in [0.1, 0.15) is 30.9 Å². The van der Waals surface area contributed by atoms with Crippen LogP contribution in [0.5, 0.6) is 0 Å². The molecule has 0 amide bonds. The Balaban J connectivity index is 2.09. The second kappa shape index (κ2) is 5.20. The molecule has 100 valence electrons. The Morgan fingerprint density at radius 3 is 3.05 bits per heavy atom. The third-order valence-electron chi connectivity index (χ3n) is 4.32. The quantitative estimate of drug-likeness (QED) is 0.780. The van der Waals surface area contributed by atoms with Gasteiger partial charge in [0.05, 0.1) is 5.57 Å².